The minimum atomic E-state index is -1.17. The Hall–Kier alpha value is -4.61. The number of hydrogen-bond acceptors (Lipinski definition) is 11. The fourth-order valence-corrected chi connectivity index (χ4v) is 7.06. The first-order valence-electron chi connectivity index (χ1n) is 12.1. The third-order valence-electron chi connectivity index (χ3n) is 7.74. The van der Waals surface area contributed by atoms with Gasteiger partial charge in [0.05, 0.1) is 20.8 Å². The zero-order chi connectivity index (χ0) is 30.6. The summed E-state index contributed by atoms with van der Waals surface area (Å²) >= 11 is 7.40. The van der Waals surface area contributed by atoms with Gasteiger partial charge in [-0.2, -0.15) is 0 Å². The molecule has 0 aliphatic carbocycles. The summed E-state index contributed by atoms with van der Waals surface area (Å²) in [5.41, 5.74) is -0.216. The van der Waals surface area contributed by atoms with Crippen molar-refractivity contribution in [1.29, 1.82) is 0 Å². The first-order chi connectivity index (χ1) is 19.1. The fourth-order valence-electron chi connectivity index (χ4n) is 5.45. The molecule has 41 heavy (non-hydrogen) atoms. The van der Waals surface area contributed by atoms with Gasteiger partial charge in [0.25, 0.3) is 0 Å². The van der Waals surface area contributed by atoms with Gasteiger partial charge >= 0.3 is 0 Å². The van der Waals surface area contributed by atoms with Gasteiger partial charge in [0, 0.05) is 48.9 Å². The highest BCUT2D eigenvalue weighted by molar-refractivity contribution is 7.26. The molecular weight excluding hydrogens is 576 g/mol. The van der Waals surface area contributed by atoms with Gasteiger partial charge in [-0.15, -0.1) is 11.3 Å². The Morgan fingerprint density at radius 2 is 0.805 bits per heavy atom. The van der Waals surface area contributed by atoms with E-state index in [-0.39, 0.29) is 65.7 Å². The Morgan fingerprint density at radius 3 is 1.32 bits per heavy atom. The normalized spacial score (nSPS) is 11.7. The van der Waals surface area contributed by atoms with Gasteiger partial charge < -0.3 is 51.1 Å². The van der Waals surface area contributed by atoms with Crippen molar-refractivity contribution in [2.24, 2.45) is 0 Å². The van der Waals surface area contributed by atoms with Crippen LogP contribution in [0.5, 0.6) is 57.5 Å². The summed E-state index contributed by atoms with van der Waals surface area (Å²) in [5, 5.41) is 108. The molecule has 0 saturated heterocycles. The number of halogens is 1. The molecule has 10 N–H and O–H groups in total. The van der Waals surface area contributed by atoms with Crippen molar-refractivity contribution in [1.82, 2.24) is 0 Å². The topological polar surface area (TPSA) is 202 Å². The van der Waals surface area contributed by atoms with E-state index in [1.54, 1.807) is 13.8 Å². The lowest BCUT2D eigenvalue weighted by atomic mass is 9.86. The first-order valence-corrected chi connectivity index (χ1v) is 13.3. The van der Waals surface area contributed by atoms with Gasteiger partial charge in [-0.1, -0.05) is 11.6 Å². The summed E-state index contributed by atoms with van der Waals surface area (Å²) in [6.07, 6.45) is 0. The molecule has 214 valence electrons. The zero-order valence-electron chi connectivity index (χ0n) is 22.3. The van der Waals surface area contributed by atoms with Crippen LogP contribution < -0.4 is 0 Å². The van der Waals surface area contributed by atoms with Gasteiger partial charge in [-0.05, 0) is 40.2 Å². The van der Waals surface area contributed by atoms with E-state index in [4.69, 9.17) is 11.6 Å². The van der Waals surface area contributed by atoms with Crippen LogP contribution in [0.3, 0.4) is 0 Å². The van der Waals surface area contributed by atoms with Crippen molar-refractivity contribution in [3.8, 4) is 79.7 Å². The smallest absolute Gasteiger partial charge is 0.208 e. The lowest BCUT2D eigenvalue weighted by Crippen LogP contribution is -1.97. The number of hydrogen-bond donors (Lipinski definition) is 10. The number of aryl methyl sites for hydroxylation is 2. The van der Waals surface area contributed by atoms with E-state index in [0.717, 1.165) is 11.3 Å². The van der Waals surface area contributed by atoms with Gasteiger partial charge in [0.1, 0.15) is 28.7 Å². The van der Waals surface area contributed by atoms with Crippen LogP contribution in [0.25, 0.3) is 42.4 Å². The number of benzene rings is 4. The molecule has 0 saturated carbocycles. The van der Waals surface area contributed by atoms with E-state index in [1.165, 1.54) is 20.8 Å². The van der Waals surface area contributed by atoms with Crippen LogP contribution in [0.15, 0.2) is 0 Å². The Kier molecular flexibility index (Phi) is 6.10. The molecule has 1 aromatic heterocycles. The SMILES string of the molecule is Cc1c(O)c(-c2c(C)c(O)c3c(sc4c(C)c(Cl)c(O)c(C)c43)c2O)c(O)c(C)c1-c1c(O)c(O)c(O)c(O)c1O. The summed E-state index contributed by atoms with van der Waals surface area (Å²) in [6.45, 7) is 7.51. The summed E-state index contributed by atoms with van der Waals surface area (Å²) in [6, 6.07) is 0. The Labute approximate surface area is 241 Å². The molecule has 0 unspecified atom stereocenters. The van der Waals surface area contributed by atoms with Gasteiger partial charge in [0.2, 0.25) is 17.2 Å². The van der Waals surface area contributed by atoms with Crippen LogP contribution in [-0.4, -0.2) is 51.1 Å². The van der Waals surface area contributed by atoms with Crippen LogP contribution in [0, 0.1) is 34.6 Å². The average molecular weight is 601 g/mol. The molecule has 5 rings (SSSR count). The molecule has 0 fully saturated rings. The number of phenols is 10. The Bertz CT molecular complexity index is 1950. The Morgan fingerprint density at radius 1 is 0.366 bits per heavy atom. The van der Waals surface area contributed by atoms with Crippen LogP contribution in [0.2, 0.25) is 5.02 Å². The molecular formula is C29H25ClO10S. The second-order valence-corrected chi connectivity index (χ2v) is 11.3. The maximum Gasteiger partial charge on any atom is 0.208 e. The molecule has 0 aliphatic rings. The van der Waals surface area contributed by atoms with Gasteiger partial charge in [-0.3, -0.25) is 0 Å². The standard InChI is InChI=1S/C29H25ClO10S/c1-6-11(14-22(35)25(38)27(40)26(39)23(14)36)7(2)19(32)15(18(6)31)12-8(3)20(33)16-13-9(4)21(34)17(30)10(5)28(13)41-29(16)24(12)37/h31-40H,1-5H3. The van der Waals surface area contributed by atoms with E-state index >= 15 is 0 Å². The monoisotopic (exact) mass is 600 g/mol. The number of aromatic hydroxyl groups is 10. The van der Waals surface area contributed by atoms with Crippen LogP contribution >= 0.6 is 22.9 Å². The number of phenolic OH excluding ortho intramolecular Hbond substituents is 10. The van der Waals surface area contributed by atoms with E-state index in [1.807, 2.05) is 0 Å². The lowest BCUT2D eigenvalue weighted by molar-refractivity contribution is 0.330. The maximum absolute atomic E-state index is 11.5. The van der Waals surface area contributed by atoms with Crippen molar-refractivity contribution in [2.75, 3.05) is 0 Å². The molecule has 1 heterocycles. The summed E-state index contributed by atoms with van der Waals surface area (Å²) in [7, 11) is 0. The number of rotatable bonds is 2. The number of fused-ring (bicyclic) bond motifs is 3. The van der Waals surface area contributed by atoms with Crippen molar-refractivity contribution >= 4 is 43.1 Å². The van der Waals surface area contributed by atoms with Gasteiger partial charge in [-0.25, -0.2) is 0 Å². The third-order valence-corrected chi connectivity index (χ3v) is 9.52. The van der Waals surface area contributed by atoms with Crippen molar-refractivity contribution < 1.29 is 51.1 Å². The lowest BCUT2D eigenvalue weighted by Gasteiger charge is -2.22. The predicted octanol–water partition coefficient (Wildman–Crippen LogP) is 6.64. The summed E-state index contributed by atoms with van der Waals surface area (Å²) in [4.78, 5) is 0. The summed E-state index contributed by atoms with van der Waals surface area (Å²) in [5.74, 6) is -7.52. The highest BCUT2D eigenvalue weighted by atomic mass is 35.5. The van der Waals surface area contributed by atoms with Gasteiger partial charge in [0.15, 0.2) is 11.5 Å². The second kappa shape index (κ2) is 8.95. The van der Waals surface area contributed by atoms with Crippen molar-refractivity contribution in [2.45, 2.75) is 34.6 Å². The quantitative estimate of drug-likeness (QED) is 0.0772. The molecule has 0 bridgehead atoms. The fraction of sp³-hybridized carbons (Fsp3) is 0.172. The second-order valence-electron chi connectivity index (χ2n) is 9.94. The van der Waals surface area contributed by atoms with E-state index in [0.29, 0.717) is 21.2 Å². The molecule has 10 nitrogen and oxygen atoms in total. The molecule has 0 aliphatic heterocycles. The molecule has 5 aromatic rings. The van der Waals surface area contributed by atoms with E-state index < -0.39 is 45.8 Å². The minimum absolute atomic E-state index is 0.0523. The van der Waals surface area contributed by atoms with E-state index in [9.17, 15) is 51.1 Å². The molecule has 0 spiro atoms. The first kappa shape index (κ1) is 27.9. The highest BCUT2D eigenvalue weighted by Crippen LogP contribution is 2.61. The minimum Gasteiger partial charge on any atom is -0.507 e. The van der Waals surface area contributed by atoms with Crippen LogP contribution in [-0.2, 0) is 0 Å². The zero-order valence-corrected chi connectivity index (χ0v) is 23.8. The Balaban J connectivity index is 1.92. The molecule has 0 atom stereocenters. The molecule has 0 radical (unpaired) electrons. The van der Waals surface area contributed by atoms with Crippen LogP contribution in [0.1, 0.15) is 27.8 Å². The molecule has 12 heteroatoms. The van der Waals surface area contributed by atoms with Crippen molar-refractivity contribution in [3.05, 3.63) is 32.8 Å². The summed E-state index contributed by atoms with van der Waals surface area (Å²) < 4.78 is 0.810. The maximum atomic E-state index is 11.5. The van der Waals surface area contributed by atoms with Crippen LogP contribution in [0.4, 0.5) is 0 Å². The third kappa shape index (κ3) is 3.42. The number of thiophene rings is 1. The molecule has 4 aromatic carbocycles. The van der Waals surface area contributed by atoms with Crippen molar-refractivity contribution in [3.63, 3.8) is 0 Å². The predicted molar refractivity (Wildman–Crippen MR) is 156 cm³/mol. The van der Waals surface area contributed by atoms with E-state index in [2.05, 4.69) is 0 Å². The average Bonchev–Trinajstić information content (AvgIpc) is 3.35. The highest BCUT2D eigenvalue weighted by Gasteiger charge is 2.33. The largest absolute Gasteiger partial charge is 0.507 e. The molecule has 0 amide bonds.